The molecule has 8 heteroatoms. The zero-order valence-corrected chi connectivity index (χ0v) is 17.2. The molecule has 162 valence electrons. The maximum absolute atomic E-state index is 13.2. The van der Waals surface area contributed by atoms with Crippen molar-refractivity contribution < 1.29 is 19.4 Å². The first kappa shape index (κ1) is 19.8. The van der Waals surface area contributed by atoms with Crippen molar-refractivity contribution in [2.45, 2.75) is 32.1 Å². The number of rotatable bonds is 5. The quantitative estimate of drug-likeness (QED) is 0.668. The van der Waals surface area contributed by atoms with Crippen LogP contribution in [0, 0.1) is 11.8 Å². The van der Waals surface area contributed by atoms with Gasteiger partial charge in [-0.15, -0.1) is 0 Å². The predicted molar refractivity (Wildman–Crippen MR) is 114 cm³/mol. The number of allylic oxidation sites excluding steroid dienone is 1. The van der Waals surface area contributed by atoms with Crippen LogP contribution in [0.15, 0.2) is 41.2 Å². The second-order valence-electron chi connectivity index (χ2n) is 8.16. The number of fused-ring (bicyclic) bond motifs is 5. The molecule has 1 amide bonds. The summed E-state index contributed by atoms with van der Waals surface area (Å²) < 4.78 is 12.5. The lowest BCUT2D eigenvalue weighted by atomic mass is 9.86. The van der Waals surface area contributed by atoms with Crippen LogP contribution < -0.4 is 25.7 Å². The molecule has 4 heterocycles. The van der Waals surface area contributed by atoms with E-state index in [0.717, 1.165) is 11.3 Å². The standard InChI is InChI=1S/C23H25N3O5/c1-2-3-14-5-6-17-21-20(15(11-27)16(25-21)10-26(17)23(14)29)22(28)24-9-13-4-7-18-19(8-13)31-12-30-18/h2-8,15-16,20-21,25,27H,9-12H2,1H3,(H,24,28)/b3-2-/t15-,16-,20+,21+/m0/s1. The van der Waals surface area contributed by atoms with Crippen molar-refractivity contribution in [3.05, 3.63) is 63.6 Å². The summed E-state index contributed by atoms with van der Waals surface area (Å²) in [5, 5.41) is 16.5. The minimum atomic E-state index is -0.468. The Morgan fingerprint density at radius 1 is 1.29 bits per heavy atom. The molecule has 0 radical (unpaired) electrons. The Labute approximate surface area is 179 Å². The number of aromatic nitrogens is 1. The molecule has 1 fully saturated rings. The molecule has 3 N–H and O–H groups in total. The van der Waals surface area contributed by atoms with Gasteiger partial charge >= 0.3 is 0 Å². The van der Waals surface area contributed by atoms with Crippen LogP contribution in [-0.2, 0) is 17.9 Å². The molecule has 0 unspecified atom stereocenters. The van der Waals surface area contributed by atoms with Crippen molar-refractivity contribution in [1.29, 1.82) is 0 Å². The molecule has 4 atom stereocenters. The Bertz CT molecular complexity index is 1110. The van der Waals surface area contributed by atoms with E-state index in [0.29, 0.717) is 30.2 Å². The number of aliphatic hydroxyl groups excluding tert-OH is 1. The molecule has 1 aromatic carbocycles. The summed E-state index contributed by atoms with van der Waals surface area (Å²) >= 11 is 0. The lowest BCUT2D eigenvalue weighted by Crippen LogP contribution is -2.43. The van der Waals surface area contributed by atoms with E-state index in [-0.39, 0.29) is 42.9 Å². The fourth-order valence-corrected chi connectivity index (χ4v) is 4.93. The van der Waals surface area contributed by atoms with Gasteiger partial charge in [0, 0.05) is 42.9 Å². The number of pyridine rings is 1. The van der Waals surface area contributed by atoms with Crippen LogP contribution in [0.3, 0.4) is 0 Å². The zero-order valence-electron chi connectivity index (χ0n) is 17.2. The van der Waals surface area contributed by atoms with Gasteiger partial charge in [0.05, 0.1) is 12.0 Å². The van der Waals surface area contributed by atoms with E-state index in [4.69, 9.17) is 9.47 Å². The molecular weight excluding hydrogens is 398 g/mol. The number of benzene rings is 1. The molecule has 1 aromatic heterocycles. The SMILES string of the molecule is C/C=C\c1ccc2n(c1=O)C[C@@H]1N[C@H]2[C@H](C(=O)NCc2ccc3c(c2)OCO3)[C@H]1CO. The maximum atomic E-state index is 13.2. The Morgan fingerprint density at radius 2 is 2.13 bits per heavy atom. The van der Waals surface area contributed by atoms with Gasteiger partial charge in [-0.25, -0.2) is 0 Å². The fourth-order valence-electron chi connectivity index (χ4n) is 4.93. The third-order valence-electron chi connectivity index (χ3n) is 6.43. The normalized spacial score (nSPS) is 25.6. The summed E-state index contributed by atoms with van der Waals surface area (Å²) in [6.45, 7) is 2.73. The minimum Gasteiger partial charge on any atom is -0.454 e. The van der Waals surface area contributed by atoms with Crippen LogP contribution in [0.5, 0.6) is 11.5 Å². The van der Waals surface area contributed by atoms with Crippen LogP contribution in [0.2, 0.25) is 0 Å². The molecule has 2 bridgehead atoms. The van der Waals surface area contributed by atoms with E-state index in [1.54, 1.807) is 16.7 Å². The van der Waals surface area contributed by atoms with Gasteiger partial charge in [-0.05, 0) is 36.8 Å². The van der Waals surface area contributed by atoms with E-state index in [2.05, 4.69) is 10.6 Å². The van der Waals surface area contributed by atoms with Crippen molar-refractivity contribution in [1.82, 2.24) is 15.2 Å². The van der Waals surface area contributed by atoms with E-state index in [1.807, 2.05) is 37.3 Å². The smallest absolute Gasteiger partial charge is 0.258 e. The van der Waals surface area contributed by atoms with Crippen LogP contribution in [-0.4, -0.2) is 35.0 Å². The number of nitrogens with zero attached hydrogens (tertiary/aromatic N) is 1. The van der Waals surface area contributed by atoms with Crippen LogP contribution in [0.25, 0.3) is 6.08 Å². The topological polar surface area (TPSA) is 102 Å². The monoisotopic (exact) mass is 423 g/mol. The highest BCUT2D eigenvalue weighted by molar-refractivity contribution is 5.80. The molecule has 2 aromatic rings. The van der Waals surface area contributed by atoms with Gasteiger partial charge in [0.2, 0.25) is 12.7 Å². The van der Waals surface area contributed by atoms with E-state index in [1.165, 1.54) is 0 Å². The molecule has 0 aliphatic carbocycles. The van der Waals surface area contributed by atoms with Gasteiger partial charge in [0.1, 0.15) is 0 Å². The molecular formula is C23H25N3O5. The van der Waals surface area contributed by atoms with E-state index in [9.17, 15) is 14.7 Å². The zero-order chi connectivity index (χ0) is 21.5. The Hall–Kier alpha value is -3.10. The minimum absolute atomic E-state index is 0.0646. The molecule has 31 heavy (non-hydrogen) atoms. The number of carbonyl (C=O) groups is 1. The molecule has 0 saturated carbocycles. The number of carbonyl (C=O) groups excluding carboxylic acids is 1. The van der Waals surface area contributed by atoms with Crippen LogP contribution in [0.1, 0.15) is 29.8 Å². The van der Waals surface area contributed by atoms with E-state index < -0.39 is 5.92 Å². The first-order valence-electron chi connectivity index (χ1n) is 10.5. The van der Waals surface area contributed by atoms with Gasteiger partial charge in [-0.1, -0.05) is 18.2 Å². The Balaban J connectivity index is 1.39. The lowest BCUT2D eigenvalue weighted by molar-refractivity contribution is -0.127. The average molecular weight is 423 g/mol. The molecule has 5 rings (SSSR count). The number of aliphatic hydroxyl groups is 1. The fraction of sp³-hybridized carbons (Fsp3) is 0.391. The number of ether oxygens (including phenoxy) is 2. The first-order valence-corrected chi connectivity index (χ1v) is 10.5. The Kier molecular flexibility index (Phi) is 5.03. The third kappa shape index (κ3) is 3.32. The second-order valence-corrected chi connectivity index (χ2v) is 8.16. The predicted octanol–water partition coefficient (Wildman–Crippen LogP) is 1.18. The van der Waals surface area contributed by atoms with Crippen molar-refractivity contribution in [3.8, 4) is 11.5 Å². The van der Waals surface area contributed by atoms with Crippen LogP contribution in [0.4, 0.5) is 0 Å². The number of nitrogens with one attached hydrogen (secondary N) is 2. The van der Waals surface area contributed by atoms with Gasteiger partial charge in [0.25, 0.3) is 5.56 Å². The largest absolute Gasteiger partial charge is 0.454 e. The molecule has 8 nitrogen and oxygen atoms in total. The average Bonchev–Trinajstić information content (AvgIpc) is 3.36. The van der Waals surface area contributed by atoms with Crippen LogP contribution >= 0.6 is 0 Å². The van der Waals surface area contributed by atoms with Crippen molar-refractivity contribution in [2.75, 3.05) is 13.4 Å². The summed E-state index contributed by atoms with van der Waals surface area (Å²) in [5.41, 5.74) is 2.25. The van der Waals surface area contributed by atoms with Crippen molar-refractivity contribution in [2.24, 2.45) is 11.8 Å². The molecule has 1 saturated heterocycles. The number of amides is 1. The van der Waals surface area contributed by atoms with E-state index >= 15 is 0 Å². The summed E-state index contributed by atoms with van der Waals surface area (Å²) in [5.74, 6) is 0.484. The number of hydrogen-bond donors (Lipinski definition) is 3. The highest BCUT2D eigenvalue weighted by atomic mass is 16.7. The maximum Gasteiger partial charge on any atom is 0.258 e. The third-order valence-corrected chi connectivity index (χ3v) is 6.43. The molecule has 3 aliphatic heterocycles. The lowest BCUT2D eigenvalue weighted by Gasteiger charge is -2.28. The summed E-state index contributed by atoms with van der Waals surface area (Å²) in [6.07, 6.45) is 3.63. The second kappa shape index (κ2) is 7.86. The summed E-state index contributed by atoms with van der Waals surface area (Å²) in [4.78, 5) is 26.1. The molecule has 3 aliphatic rings. The number of hydrogen-bond acceptors (Lipinski definition) is 6. The molecule has 0 spiro atoms. The van der Waals surface area contributed by atoms with Crippen molar-refractivity contribution in [3.63, 3.8) is 0 Å². The van der Waals surface area contributed by atoms with Gasteiger partial charge in [-0.3, -0.25) is 9.59 Å². The Morgan fingerprint density at radius 3 is 2.94 bits per heavy atom. The van der Waals surface area contributed by atoms with Crippen molar-refractivity contribution >= 4 is 12.0 Å². The first-order chi connectivity index (χ1) is 15.1. The highest BCUT2D eigenvalue weighted by Gasteiger charge is 2.50. The highest BCUT2D eigenvalue weighted by Crippen LogP contribution is 2.41. The van der Waals surface area contributed by atoms with Gasteiger partial charge < -0.3 is 29.8 Å². The summed E-state index contributed by atoms with van der Waals surface area (Å²) in [6, 6.07) is 8.82. The van der Waals surface area contributed by atoms with Gasteiger partial charge in [0.15, 0.2) is 11.5 Å². The summed E-state index contributed by atoms with van der Waals surface area (Å²) in [7, 11) is 0. The van der Waals surface area contributed by atoms with Gasteiger partial charge in [-0.2, -0.15) is 0 Å².